The van der Waals surface area contributed by atoms with E-state index < -0.39 is 0 Å². The molecule has 0 saturated heterocycles. The molecule has 3 aromatic heterocycles. The van der Waals surface area contributed by atoms with Crippen LogP contribution in [-0.2, 0) is 0 Å². The third kappa shape index (κ3) is 1.87. The number of carbonyl (C=O) groups is 1. The minimum absolute atomic E-state index is 0.610. The van der Waals surface area contributed by atoms with Crippen molar-refractivity contribution < 1.29 is 4.79 Å². The van der Waals surface area contributed by atoms with E-state index in [1.165, 1.54) is 11.8 Å². The Bertz CT molecular complexity index is 658. The number of aromatic nitrogens is 2. The van der Waals surface area contributed by atoms with Crippen LogP contribution in [0.1, 0.15) is 10.5 Å². The zero-order chi connectivity index (χ0) is 11.7. The SMILES string of the molecule is O=Cc1c(Sc2cccs2)nc2ccccn12. The molecular formula is C12H8N2OS2. The Morgan fingerprint density at radius 3 is 3.00 bits per heavy atom. The molecule has 0 spiro atoms. The Kier molecular flexibility index (Phi) is 2.70. The molecule has 3 nitrogen and oxygen atoms in total. The molecule has 84 valence electrons. The van der Waals surface area contributed by atoms with E-state index >= 15 is 0 Å². The molecule has 0 aliphatic rings. The maximum Gasteiger partial charge on any atom is 0.169 e. The van der Waals surface area contributed by atoms with Gasteiger partial charge in [-0.1, -0.05) is 23.9 Å². The fourth-order valence-corrected chi connectivity index (χ4v) is 3.36. The lowest BCUT2D eigenvalue weighted by Crippen LogP contribution is -1.90. The largest absolute Gasteiger partial charge is 0.296 e. The van der Waals surface area contributed by atoms with Crippen molar-refractivity contribution in [2.45, 2.75) is 9.24 Å². The summed E-state index contributed by atoms with van der Waals surface area (Å²) in [6.45, 7) is 0. The van der Waals surface area contributed by atoms with Crippen molar-refractivity contribution in [1.82, 2.24) is 9.38 Å². The summed E-state index contributed by atoms with van der Waals surface area (Å²) in [7, 11) is 0. The first-order valence-electron chi connectivity index (χ1n) is 5.02. The molecular weight excluding hydrogens is 252 g/mol. The number of hydrogen-bond donors (Lipinski definition) is 0. The molecule has 0 saturated carbocycles. The smallest absolute Gasteiger partial charge is 0.169 e. The average Bonchev–Trinajstić information content (AvgIpc) is 2.96. The lowest BCUT2D eigenvalue weighted by molar-refractivity contribution is 0.111. The van der Waals surface area contributed by atoms with E-state index in [2.05, 4.69) is 4.98 Å². The van der Waals surface area contributed by atoms with Crippen LogP contribution in [0.2, 0.25) is 0 Å². The Hall–Kier alpha value is -1.59. The second kappa shape index (κ2) is 4.35. The second-order valence-electron chi connectivity index (χ2n) is 3.38. The number of aldehydes is 1. The van der Waals surface area contributed by atoms with Crippen molar-refractivity contribution in [3.8, 4) is 0 Å². The molecule has 0 aliphatic heterocycles. The Morgan fingerprint density at radius 2 is 2.24 bits per heavy atom. The topological polar surface area (TPSA) is 34.4 Å². The van der Waals surface area contributed by atoms with E-state index in [9.17, 15) is 4.79 Å². The van der Waals surface area contributed by atoms with Crippen molar-refractivity contribution in [2.75, 3.05) is 0 Å². The molecule has 0 unspecified atom stereocenters. The van der Waals surface area contributed by atoms with Crippen LogP contribution < -0.4 is 0 Å². The number of fused-ring (bicyclic) bond motifs is 1. The number of thiophene rings is 1. The molecule has 5 heteroatoms. The van der Waals surface area contributed by atoms with Gasteiger partial charge >= 0.3 is 0 Å². The summed E-state index contributed by atoms with van der Waals surface area (Å²) < 4.78 is 2.94. The van der Waals surface area contributed by atoms with Gasteiger partial charge in [-0.25, -0.2) is 4.98 Å². The third-order valence-corrected chi connectivity index (χ3v) is 4.37. The highest BCUT2D eigenvalue weighted by Gasteiger charge is 2.12. The van der Waals surface area contributed by atoms with Crippen LogP contribution in [0.5, 0.6) is 0 Å². The minimum atomic E-state index is 0.610. The van der Waals surface area contributed by atoms with Crippen LogP contribution in [0.15, 0.2) is 51.1 Å². The molecule has 0 N–H and O–H groups in total. The van der Waals surface area contributed by atoms with Crippen LogP contribution in [0.3, 0.4) is 0 Å². The number of pyridine rings is 1. The summed E-state index contributed by atoms with van der Waals surface area (Å²) in [6, 6.07) is 9.71. The van der Waals surface area contributed by atoms with Gasteiger partial charge in [-0.2, -0.15) is 0 Å². The predicted molar refractivity (Wildman–Crippen MR) is 69.0 cm³/mol. The first-order valence-corrected chi connectivity index (χ1v) is 6.72. The fourth-order valence-electron chi connectivity index (χ4n) is 1.59. The lowest BCUT2D eigenvalue weighted by Gasteiger charge is -1.95. The lowest BCUT2D eigenvalue weighted by atomic mass is 10.4. The highest BCUT2D eigenvalue weighted by atomic mass is 32.2. The maximum atomic E-state index is 11.2. The molecule has 0 fully saturated rings. The van der Waals surface area contributed by atoms with E-state index in [1.807, 2.05) is 46.3 Å². The van der Waals surface area contributed by atoms with E-state index in [0.717, 1.165) is 21.2 Å². The molecule has 0 amide bonds. The summed E-state index contributed by atoms with van der Waals surface area (Å²) in [5, 5.41) is 2.77. The number of imidazole rings is 1. The quantitative estimate of drug-likeness (QED) is 0.677. The number of carbonyl (C=O) groups excluding carboxylic acids is 1. The van der Waals surface area contributed by atoms with Crippen molar-refractivity contribution in [2.24, 2.45) is 0 Å². The fraction of sp³-hybridized carbons (Fsp3) is 0. The molecule has 0 aromatic carbocycles. The summed E-state index contributed by atoms with van der Waals surface area (Å²) in [5.74, 6) is 0. The van der Waals surface area contributed by atoms with Crippen LogP contribution >= 0.6 is 23.1 Å². The summed E-state index contributed by atoms with van der Waals surface area (Å²) in [5.41, 5.74) is 1.41. The Labute approximate surface area is 106 Å². The van der Waals surface area contributed by atoms with Gasteiger partial charge in [0.2, 0.25) is 0 Å². The zero-order valence-electron chi connectivity index (χ0n) is 8.74. The van der Waals surface area contributed by atoms with Gasteiger partial charge in [0.25, 0.3) is 0 Å². The van der Waals surface area contributed by atoms with Gasteiger partial charge in [-0.15, -0.1) is 11.3 Å². The van der Waals surface area contributed by atoms with Crippen LogP contribution in [0.4, 0.5) is 0 Å². The number of rotatable bonds is 3. The summed E-state index contributed by atoms with van der Waals surface area (Å²) >= 11 is 3.17. The predicted octanol–water partition coefficient (Wildman–Crippen LogP) is 3.36. The van der Waals surface area contributed by atoms with Crippen LogP contribution in [0, 0.1) is 0 Å². The average molecular weight is 260 g/mol. The van der Waals surface area contributed by atoms with Gasteiger partial charge in [0.1, 0.15) is 16.4 Å². The molecule has 0 aliphatic carbocycles. The highest BCUT2D eigenvalue weighted by Crippen LogP contribution is 2.32. The molecule has 17 heavy (non-hydrogen) atoms. The number of nitrogens with zero attached hydrogens (tertiary/aromatic N) is 2. The monoisotopic (exact) mass is 260 g/mol. The Morgan fingerprint density at radius 1 is 1.29 bits per heavy atom. The van der Waals surface area contributed by atoms with Gasteiger partial charge in [-0.05, 0) is 23.6 Å². The highest BCUT2D eigenvalue weighted by molar-refractivity contribution is 8.01. The van der Waals surface area contributed by atoms with E-state index in [1.54, 1.807) is 11.3 Å². The van der Waals surface area contributed by atoms with Crippen molar-refractivity contribution >= 4 is 35.0 Å². The molecule has 0 atom stereocenters. The van der Waals surface area contributed by atoms with Crippen molar-refractivity contribution in [3.05, 3.63) is 47.6 Å². The molecule has 3 heterocycles. The van der Waals surface area contributed by atoms with Gasteiger partial charge in [0, 0.05) is 6.20 Å². The molecule has 3 rings (SSSR count). The summed E-state index contributed by atoms with van der Waals surface area (Å²) in [4.78, 5) is 15.6. The first kappa shape index (κ1) is 10.6. The van der Waals surface area contributed by atoms with Crippen molar-refractivity contribution in [3.63, 3.8) is 0 Å². The van der Waals surface area contributed by atoms with Crippen LogP contribution in [-0.4, -0.2) is 15.7 Å². The second-order valence-corrected chi connectivity index (χ2v) is 5.62. The Balaban J connectivity index is 2.12. The molecule has 0 bridgehead atoms. The van der Waals surface area contributed by atoms with Crippen molar-refractivity contribution in [1.29, 1.82) is 0 Å². The maximum absolute atomic E-state index is 11.2. The van der Waals surface area contributed by atoms with Gasteiger partial charge < -0.3 is 0 Å². The van der Waals surface area contributed by atoms with E-state index in [-0.39, 0.29) is 0 Å². The van der Waals surface area contributed by atoms with Crippen LogP contribution in [0.25, 0.3) is 5.65 Å². The van der Waals surface area contributed by atoms with Gasteiger partial charge in [-0.3, -0.25) is 9.20 Å². The molecule has 0 radical (unpaired) electrons. The van der Waals surface area contributed by atoms with E-state index in [0.29, 0.717) is 5.69 Å². The summed E-state index contributed by atoms with van der Waals surface area (Å²) in [6.07, 6.45) is 2.71. The normalized spacial score (nSPS) is 10.8. The zero-order valence-corrected chi connectivity index (χ0v) is 10.4. The number of hydrogen-bond acceptors (Lipinski definition) is 4. The first-order chi connectivity index (χ1) is 8.38. The van der Waals surface area contributed by atoms with Gasteiger partial charge in [0.15, 0.2) is 6.29 Å². The van der Waals surface area contributed by atoms with E-state index in [4.69, 9.17) is 0 Å². The van der Waals surface area contributed by atoms with Gasteiger partial charge in [0.05, 0.1) is 4.21 Å². The third-order valence-electron chi connectivity index (χ3n) is 2.34. The molecule has 3 aromatic rings. The standard InChI is InChI=1S/C12H8N2OS2/c15-8-9-12(17-11-5-3-7-16-11)13-10-4-1-2-6-14(9)10/h1-8H. The minimum Gasteiger partial charge on any atom is -0.296 e.